The van der Waals surface area contributed by atoms with Crippen molar-refractivity contribution in [1.82, 2.24) is 19.9 Å². The summed E-state index contributed by atoms with van der Waals surface area (Å²) >= 11 is 0. The first-order valence-corrected chi connectivity index (χ1v) is 15.3. The van der Waals surface area contributed by atoms with Gasteiger partial charge in [-0.1, -0.05) is 18.9 Å². The van der Waals surface area contributed by atoms with E-state index in [1.807, 2.05) is 16.8 Å². The molecule has 4 heterocycles. The Morgan fingerprint density at radius 2 is 2.04 bits per heavy atom. The lowest BCUT2D eigenvalue weighted by Gasteiger charge is -2.44. The summed E-state index contributed by atoms with van der Waals surface area (Å²) in [7, 11) is 1.88. The van der Waals surface area contributed by atoms with Crippen LogP contribution in [-0.4, -0.2) is 83.4 Å². The average Bonchev–Trinajstić information content (AvgIpc) is 3.81. The molecule has 46 heavy (non-hydrogen) atoms. The monoisotopic (exact) mass is 635 g/mol. The van der Waals surface area contributed by atoms with Crippen LogP contribution in [-0.2, 0) is 4.74 Å². The minimum atomic E-state index is -2.53. The van der Waals surface area contributed by atoms with E-state index in [4.69, 9.17) is 20.9 Å². The largest absolute Gasteiger partial charge is 0.508 e. The summed E-state index contributed by atoms with van der Waals surface area (Å²) in [5.74, 6) is 0.146. The van der Waals surface area contributed by atoms with Crippen LogP contribution < -0.4 is 9.64 Å². The Bertz CT molecular complexity index is 1880. The maximum absolute atomic E-state index is 16.8. The number of nitrogens with zero attached hydrogens (tertiary/aromatic N) is 5. The normalized spacial score (nSPS) is 25.0. The molecule has 8 nitrogen and oxygen atoms in total. The third kappa shape index (κ3) is 5.25. The second-order valence-corrected chi connectivity index (χ2v) is 12.8. The van der Waals surface area contributed by atoms with Gasteiger partial charge in [0, 0.05) is 48.2 Å². The number of hydrogen-bond acceptors (Lipinski definition) is 8. The summed E-state index contributed by atoms with van der Waals surface area (Å²) in [4.78, 5) is 17.6. The van der Waals surface area contributed by atoms with Gasteiger partial charge in [0.05, 0.1) is 29.7 Å². The molecule has 2 saturated heterocycles. The Morgan fingerprint density at radius 1 is 1.22 bits per heavy atom. The van der Waals surface area contributed by atoms with Gasteiger partial charge in [-0.2, -0.15) is 9.97 Å². The number of aromatic nitrogens is 3. The highest BCUT2D eigenvalue weighted by Gasteiger charge is 2.46. The zero-order valence-electron chi connectivity index (χ0n) is 25.4. The number of pyridine rings is 1. The molecule has 240 valence electrons. The van der Waals surface area contributed by atoms with Crippen LogP contribution in [0, 0.1) is 35.3 Å². The summed E-state index contributed by atoms with van der Waals surface area (Å²) in [6, 6.07) is 5.20. The second kappa shape index (κ2) is 11.5. The van der Waals surface area contributed by atoms with Crippen molar-refractivity contribution in [2.75, 3.05) is 44.8 Å². The number of rotatable bonds is 6. The van der Waals surface area contributed by atoms with Gasteiger partial charge in [0.15, 0.2) is 5.82 Å². The van der Waals surface area contributed by atoms with Crippen LogP contribution in [0.4, 0.5) is 23.4 Å². The lowest BCUT2D eigenvalue weighted by molar-refractivity contribution is -0.0679. The average molecular weight is 636 g/mol. The molecule has 0 radical (unpaired) electrons. The van der Waals surface area contributed by atoms with Crippen molar-refractivity contribution < 1.29 is 32.1 Å². The predicted molar refractivity (Wildman–Crippen MR) is 165 cm³/mol. The van der Waals surface area contributed by atoms with Crippen molar-refractivity contribution in [3.05, 3.63) is 47.7 Å². The van der Waals surface area contributed by atoms with Crippen LogP contribution >= 0.6 is 0 Å². The Balaban J connectivity index is 1.38. The van der Waals surface area contributed by atoms with Crippen LogP contribution in [0.1, 0.15) is 31.7 Å². The molecule has 2 unspecified atom stereocenters. The first-order valence-electron chi connectivity index (χ1n) is 15.3. The molecule has 2 aromatic heterocycles. The molecule has 4 atom stereocenters. The summed E-state index contributed by atoms with van der Waals surface area (Å²) in [6.45, 7) is 3.77. The van der Waals surface area contributed by atoms with Crippen LogP contribution in [0.5, 0.6) is 11.8 Å². The number of likely N-dealkylation sites (tertiary alicyclic amines) is 1. The molecule has 1 saturated carbocycles. The maximum Gasteiger partial charge on any atom is 0.319 e. The number of anilines is 1. The summed E-state index contributed by atoms with van der Waals surface area (Å²) in [5, 5.41) is 11.5. The molecule has 4 aromatic rings. The highest BCUT2D eigenvalue weighted by atomic mass is 19.3. The van der Waals surface area contributed by atoms with Gasteiger partial charge >= 0.3 is 6.01 Å². The predicted octanol–water partition coefficient (Wildman–Crippen LogP) is 5.78. The molecule has 2 aromatic carbocycles. The van der Waals surface area contributed by atoms with Gasteiger partial charge < -0.3 is 24.4 Å². The van der Waals surface area contributed by atoms with Crippen LogP contribution in [0.2, 0.25) is 0 Å². The molecule has 0 amide bonds. The number of terminal acetylenes is 1. The van der Waals surface area contributed by atoms with Gasteiger partial charge in [-0.05, 0) is 56.4 Å². The van der Waals surface area contributed by atoms with Gasteiger partial charge in [-0.25, -0.2) is 17.6 Å². The molecule has 12 heteroatoms. The number of hydrogen-bond donors (Lipinski definition) is 1. The lowest BCUT2D eigenvalue weighted by atomic mass is 9.73. The van der Waals surface area contributed by atoms with E-state index < -0.39 is 29.4 Å². The first kappa shape index (κ1) is 30.4. The maximum atomic E-state index is 16.8. The molecule has 1 N–H and O–H groups in total. The van der Waals surface area contributed by atoms with Gasteiger partial charge in [-0.15, -0.1) is 6.42 Å². The second-order valence-electron chi connectivity index (χ2n) is 12.8. The van der Waals surface area contributed by atoms with Gasteiger partial charge in [0.25, 0.3) is 0 Å². The zero-order valence-corrected chi connectivity index (χ0v) is 25.4. The fraction of sp³-hybridized carbons (Fsp3) is 0.441. The highest BCUT2D eigenvalue weighted by Crippen LogP contribution is 2.43. The van der Waals surface area contributed by atoms with E-state index in [1.165, 1.54) is 30.5 Å². The van der Waals surface area contributed by atoms with Crippen molar-refractivity contribution in [3.63, 3.8) is 0 Å². The van der Waals surface area contributed by atoms with E-state index in [0.29, 0.717) is 49.3 Å². The topological polar surface area (TPSA) is 83.8 Å². The number of aromatic hydroxyl groups is 1. The zero-order chi connectivity index (χ0) is 32.3. The Morgan fingerprint density at radius 3 is 2.83 bits per heavy atom. The summed E-state index contributed by atoms with van der Waals surface area (Å²) in [6.07, 6.45) is 6.42. The number of piperidine rings is 1. The van der Waals surface area contributed by atoms with Crippen molar-refractivity contribution in [2.45, 2.75) is 44.8 Å². The molecular weight excluding hydrogens is 602 g/mol. The molecule has 3 aliphatic rings. The first-order chi connectivity index (χ1) is 22.1. The van der Waals surface area contributed by atoms with E-state index in [9.17, 15) is 18.3 Å². The number of phenols is 1. The number of fused-ring (bicyclic) bond motifs is 3. The van der Waals surface area contributed by atoms with E-state index >= 15 is 4.39 Å². The Kier molecular flexibility index (Phi) is 7.64. The Hall–Kier alpha value is -4.21. The van der Waals surface area contributed by atoms with E-state index in [-0.39, 0.29) is 58.2 Å². The van der Waals surface area contributed by atoms with Gasteiger partial charge in [-0.3, -0.25) is 4.98 Å². The van der Waals surface area contributed by atoms with Crippen LogP contribution in [0.25, 0.3) is 32.9 Å². The van der Waals surface area contributed by atoms with Crippen molar-refractivity contribution in [2.24, 2.45) is 11.3 Å². The smallest absolute Gasteiger partial charge is 0.319 e. The minimum absolute atomic E-state index is 0.0215. The van der Waals surface area contributed by atoms with Gasteiger partial charge in [0.2, 0.25) is 6.43 Å². The summed E-state index contributed by atoms with van der Waals surface area (Å²) in [5.41, 5.74) is -1.22. The minimum Gasteiger partial charge on any atom is -0.508 e. The van der Waals surface area contributed by atoms with Gasteiger partial charge in [0.1, 0.15) is 28.6 Å². The number of ether oxygens (including phenoxy) is 2. The summed E-state index contributed by atoms with van der Waals surface area (Å²) < 4.78 is 71.8. The molecule has 3 fully saturated rings. The third-order valence-corrected chi connectivity index (χ3v) is 9.53. The standard InChI is InChI=1S/C34H33F4N5O3/c1-4-20-24(35)7-6-18-12-19(44)13-21(27(18)20)29-28(36)30-22(15-39-29)32(43-9-5-11-45-26-14-25(26)43)41-33(40-30)46-17-34(2)16-42(3)10-8-23(34)31(37)38/h1,6-7,12-13,15,23,25-26,31,44H,5,8-11,14,16-17H2,2-3H3/t23-,25?,26?,34+/m1/s1. The van der Waals surface area contributed by atoms with Crippen LogP contribution in [0.3, 0.4) is 0 Å². The number of benzene rings is 2. The quantitative estimate of drug-likeness (QED) is 0.211. The molecule has 0 bridgehead atoms. The number of phenolic OH excluding ortho intramolecular Hbond substituents is 1. The highest BCUT2D eigenvalue weighted by molar-refractivity contribution is 6.03. The number of halogens is 4. The molecular formula is C34H33F4N5O3. The van der Waals surface area contributed by atoms with Crippen molar-refractivity contribution in [1.29, 1.82) is 0 Å². The molecule has 0 spiro atoms. The fourth-order valence-electron chi connectivity index (χ4n) is 7.14. The van der Waals surface area contributed by atoms with E-state index in [0.717, 1.165) is 12.8 Å². The molecule has 1 aliphatic carbocycles. The fourth-order valence-corrected chi connectivity index (χ4v) is 7.14. The van der Waals surface area contributed by atoms with Crippen molar-refractivity contribution in [3.8, 4) is 35.4 Å². The third-order valence-electron chi connectivity index (χ3n) is 9.53. The van der Waals surface area contributed by atoms with E-state index in [1.54, 1.807) is 6.92 Å². The number of alkyl halides is 2. The van der Waals surface area contributed by atoms with E-state index in [2.05, 4.69) is 15.9 Å². The molecule has 7 rings (SSSR count). The molecule has 2 aliphatic heterocycles. The lowest BCUT2D eigenvalue weighted by Crippen LogP contribution is -2.51. The Labute approximate surface area is 263 Å². The SMILES string of the molecule is C#Cc1c(F)ccc2cc(O)cc(-c3ncc4c(N5CCCOC6CC65)nc(OC[C@]5(C)CN(C)CC[C@@H]5C(F)F)nc4c3F)c12. The van der Waals surface area contributed by atoms with Crippen LogP contribution in [0.15, 0.2) is 30.5 Å². The van der Waals surface area contributed by atoms with Crippen molar-refractivity contribution >= 4 is 27.5 Å².